The van der Waals surface area contributed by atoms with Crippen LogP contribution in [0.5, 0.6) is 0 Å². The van der Waals surface area contributed by atoms with E-state index in [-0.39, 0.29) is 11.1 Å². The van der Waals surface area contributed by atoms with E-state index in [2.05, 4.69) is 0 Å². The highest BCUT2D eigenvalue weighted by Gasteiger charge is 2.44. The van der Waals surface area contributed by atoms with E-state index in [0.29, 0.717) is 0 Å². The van der Waals surface area contributed by atoms with Gasteiger partial charge in [0.1, 0.15) is 0 Å². The molecule has 0 fully saturated rings. The molecular weight excluding hydrogens is 244 g/mol. The maximum atomic E-state index is 13.8. The van der Waals surface area contributed by atoms with Crippen LogP contribution in [0, 0.1) is 23.3 Å². The standard InChI is InChI=1S/C14H10F4/c1-5(2)8-6-3-4-7(8)10-9(6)11(15)13(17)14(18)12(10)16/h3-4,6-7H,1-2H3/t6-,7+. The first-order valence-electron chi connectivity index (χ1n) is 5.66. The molecule has 2 aliphatic carbocycles. The van der Waals surface area contributed by atoms with Crippen LogP contribution in [0.4, 0.5) is 17.6 Å². The largest absolute Gasteiger partial charge is 0.203 e. The molecule has 0 N–H and O–H groups in total. The third-order valence-corrected chi connectivity index (χ3v) is 3.71. The molecule has 2 aliphatic rings. The van der Waals surface area contributed by atoms with Crippen LogP contribution in [0.25, 0.3) is 0 Å². The van der Waals surface area contributed by atoms with Gasteiger partial charge in [-0.25, -0.2) is 17.6 Å². The van der Waals surface area contributed by atoms with Crippen molar-refractivity contribution in [2.45, 2.75) is 25.7 Å². The van der Waals surface area contributed by atoms with Crippen LogP contribution >= 0.6 is 0 Å². The predicted octanol–water partition coefficient (Wildman–Crippen LogP) is 4.33. The number of fused-ring (bicyclic) bond motifs is 5. The van der Waals surface area contributed by atoms with E-state index in [0.717, 1.165) is 11.1 Å². The summed E-state index contributed by atoms with van der Waals surface area (Å²) in [6.45, 7) is 3.66. The third kappa shape index (κ3) is 1.15. The second kappa shape index (κ2) is 3.46. The highest BCUT2D eigenvalue weighted by atomic mass is 19.2. The Bertz CT molecular complexity index is 574. The number of rotatable bonds is 0. The Balaban J connectivity index is 2.38. The van der Waals surface area contributed by atoms with Gasteiger partial charge >= 0.3 is 0 Å². The van der Waals surface area contributed by atoms with Crippen molar-refractivity contribution in [2.24, 2.45) is 0 Å². The summed E-state index contributed by atoms with van der Waals surface area (Å²) in [4.78, 5) is 0. The van der Waals surface area contributed by atoms with Gasteiger partial charge in [-0.05, 0) is 19.4 Å². The van der Waals surface area contributed by atoms with E-state index in [1.54, 1.807) is 12.2 Å². The average Bonchev–Trinajstić information content (AvgIpc) is 2.88. The molecule has 0 spiro atoms. The fourth-order valence-electron chi connectivity index (χ4n) is 3.02. The first-order valence-corrected chi connectivity index (χ1v) is 5.66. The van der Waals surface area contributed by atoms with Crippen molar-refractivity contribution in [3.8, 4) is 0 Å². The van der Waals surface area contributed by atoms with Gasteiger partial charge in [0.15, 0.2) is 23.3 Å². The Morgan fingerprint density at radius 2 is 1.17 bits per heavy atom. The minimum Gasteiger partial charge on any atom is -0.203 e. The fourth-order valence-corrected chi connectivity index (χ4v) is 3.02. The van der Waals surface area contributed by atoms with E-state index in [9.17, 15) is 17.6 Å². The molecule has 0 amide bonds. The maximum absolute atomic E-state index is 13.8. The lowest BCUT2D eigenvalue weighted by Crippen LogP contribution is -2.07. The number of benzene rings is 1. The summed E-state index contributed by atoms with van der Waals surface area (Å²) >= 11 is 0. The first-order chi connectivity index (χ1) is 8.45. The summed E-state index contributed by atoms with van der Waals surface area (Å²) < 4.78 is 54.1. The normalized spacial score (nSPS) is 23.8. The van der Waals surface area contributed by atoms with Gasteiger partial charge < -0.3 is 0 Å². The van der Waals surface area contributed by atoms with Crippen LogP contribution in [0.2, 0.25) is 0 Å². The first kappa shape index (κ1) is 11.5. The molecule has 2 bridgehead atoms. The van der Waals surface area contributed by atoms with Crippen LogP contribution in [-0.2, 0) is 0 Å². The van der Waals surface area contributed by atoms with E-state index in [4.69, 9.17) is 0 Å². The zero-order valence-electron chi connectivity index (χ0n) is 9.82. The second-order valence-electron chi connectivity index (χ2n) is 4.88. The Kier molecular flexibility index (Phi) is 2.22. The van der Waals surface area contributed by atoms with Gasteiger partial charge in [-0.15, -0.1) is 0 Å². The molecule has 0 unspecified atom stereocenters. The molecule has 18 heavy (non-hydrogen) atoms. The number of hydrogen-bond acceptors (Lipinski definition) is 0. The topological polar surface area (TPSA) is 0 Å². The lowest BCUT2D eigenvalue weighted by atomic mass is 9.95. The Hall–Kier alpha value is -1.58. The highest BCUT2D eigenvalue weighted by Crippen LogP contribution is 2.55. The smallest absolute Gasteiger partial charge is 0.197 e. The lowest BCUT2D eigenvalue weighted by molar-refractivity contribution is 0.400. The molecule has 1 aromatic rings. The van der Waals surface area contributed by atoms with E-state index in [1.165, 1.54) is 0 Å². The fraction of sp³-hybridized carbons (Fsp3) is 0.286. The minimum absolute atomic E-state index is 0.0462. The molecule has 3 rings (SSSR count). The number of hydrogen-bond donors (Lipinski definition) is 0. The van der Waals surface area contributed by atoms with Gasteiger partial charge in [-0.3, -0.25) is 0 Å². The summed E-state index contributed by atoms with van der Waals surface area (Å²) in [5.74, 6) is -6.89. The quantitative estimate of drug-likeness (QED) is 0.280. The number of allylic oxidation sites excluding steroid dienone is 4. The monoisotopic (exact) mass is 254 g/mol. The van der Waals surface area contributed by atoms with Crippen LogP contribution in [0.1, 0.15) is 36.8 Å². The predicted molar refractivity (Wildman–Crippen MR) is 59.3 cm³/mol. The van der Waals surface area contributed by atoms with Crippen molar-refractivity contribution in [1.82, 2.24) is 0 Å². The van der Waals surface area contributed by atoms with Crippen LogP contribution in [0.3, 0.4) is 0 Å². The zero-order chi connectivity index (χ0) is 13.2. The van der Waals surface area contributed by atoms with Crippen molar-refractivity contribution in [2.75, 3.05) is 0 Å². The molecule has 0 nitrogen and oxygen atoms in total. The summed E-state index contributed by atoms with van der Waals surface area (Å²) in [7, 11) is 0. The second-order valence-corrected chi connectivity index (χ2v) is 4.88. The summed E-state index contributed by atoms with van der Waals surface area (Å²) in [6, 6.07) is 0. The molecule has 2 atom stereocenters. The molecular formula is C14H10F4. The SMILES string of the molecule is CC(C)=C1[C@H]2C=C[C@@H]1c1c(F)c(F)c(F)c(F)c12. The van der Waals surface area contributed by atoms with Gasteiger partial charge in [0.25, 0.3) is 0 Å². The molecule has 1 aromatic carbocycles. The molecule has 0 aliphatic heterocycles. The van der Waals surface area contributed by atoms with Crippen molar-refractivity contribution in [3.63, 3.8) is 0 Å². The van der Waals surface area contributed by atoms with Crippen molar-refractivity contribution in [1.29, 1.82) is 0 Å². The average molecular weight is 254 g/mol. The Labute approximate surface area is 102 Å². The van der Waals surface area contributed by atoms with Crippen molar-refractivity contribution >= 4 is 0 Å². The van der Waals surface area contributed by atoms with Gasteiger partial charge in [-0.1, -0.05) is 17.7 Å². The van der Waals surface area contributed by atoms with Crippen LogP contribution in [-0.4, -0.2) is 0 Å². The van der Waals surface area contributed by atoms with Crippen molar-refractivity contribution in [3.05, 3.63) is 57.7 Å². The van der Waals surface area contributed by atoms with Gasteiger partial charge in [0, 0.05) is 23.0 Å². The maximum Gasteiger partial charge on any atom is 0.197 e. The molecule has 4 heteroatoms. The minimum atomic E-state index is -1.72. The van der Waals surface area contributed by atoms with Crippen molar-refractivity contribution < 1.29 is 17.6 Å². The Morgan fingerprint density at radius 1 is 0.778 bits per heavy atom. The zero-order valence-corrected chi connectivity index (χ0v) is 9.82. The third-order valence-electron chi connectivity index (χ3n) is 3.71. The lowest BCUT2D eigenvalue weighted by Gasteiger charge is -2.12. The van der Waals surface area contributed by atoms with E-state index >= 15 is 0 Å². The molecule has 0 saturated carbocycles. The van der Waals surface area contributed by atoms with Gasteiger partial charge in [0.2, 0.25) is 0 Å². The van der Waals surface area contributed by atoms with Gasteiger partial charge in [-0.2, -0.15) is 0 Å². The summed E-state index contributed by atoms with van der Waals surface area (Å²) in [6.07, 6.45) is 3.43. The van der Waals surface area contributed by atoms with Crippen LogP contribution < -0.4 is 0 Å². The number of halogens is 4. The highest BCUT2D eigenvalue weighted by molar-refractivity contribution is 5.61. The molecule has 0 radical (unpaired) electrons. The Morgan fingerprint density at radius 3 is 1.50 bits per heavy atom. The molecule has 0 saturated heterocycles. The van der Waals surface area contributed by atoms with Crippen LogP contribution in [0.15, 0.2) is 23.3 Å². The van der Waals surface area contributed by atoms with E-state index in [1.807, 2.05) is 13.8 Å². The molecule has 0 heterocycles. The summed E-state index contributed by atoms with van der Waals surface area (Å²) in [5, 5.41) is 0. The van der Waals surface area contributed by atoms with Gasteiger partial charge in [0.05, 0.1) is 0 Å². The molecule has 0 aromatic heterocycles. The van der Waals surface area contributed by atoms with E-state index < -0.39 is 35.1 Å². The molecule has 94 valence electrons. The summed E-state index contributed by atoms with van der Waals surface area (Å²) in [5.41, 5.74) is 1.66.